The van der Waals surface area contributed by atoms with E-state index in [1.54, 1.807) is 0 Å². The summed E-state index contributed by atoms with van der Waals surface area (Å²) in [7, 11) is 0. The molecule has 18 heavy (non-hydrogen) atoms. The fraction of sp³-hybridized carbons (Fsp3) is 0.800. The summed E-state index contributed by atoms with van der Waals surface area (Å²) in [6.07, 6.45) is 5.50. The normalized spacial score (nSPS) is 64.1. The van der Waals surface area contributed by atoms with Gasteiger partial charge >= 0.3 is 5.97 Å². The molecule has 2 saturated carbocycles. The predicted octanol–water partition coefficient (Wildman–Crippen LogP) is 2.11. The Labute approximate surface area is 107 Å². The Morgan fingerprint density at radius 1 is 1.39 bits per heavy atom. The molecule has 7 atom stereocenters. The van der Waals surface area contributed by atoms with Crippen LogP contribution < -0.4 is 0 Å². The Morgan fingerprint density at radius 2 is 2.11 bits per heavy atom. The highest BCUT2D eigenvalue weighted by Gasteiger charge is 2.80. The van der Waals surface area contributed by atoms with Gasteiger partial charge in [0, 0.05) is 11.3 Å². The van der Waals surface area contributed by atoms with Crippen LogP contribution in [0.5, 0.6) is 0 Å². The summed E-state index contributed by atoms with van der Waals surface area (Å²) >= 11 is 0. The van der Waals surface area contributed by atoms with E-state index in [0.717, 1.165) is 12.8 Å². The molecular weight excluding hydrogens is 228 g/mol. The molecule has 3 fully saturated rings. The van der Waals surface area contributed by atoms with Crippen LogP contribution in [0.4, 0.5) is 0 Å². The first-order valence-electron chi connectivity index (χ1n) is 6.97. The van der Waals surface area contributed by atoms with Gasteiger partial charge in [0.2, 0.25) is 6.29 Å². The average molecular weight is 248 g/mol. The second-order valence-electron chi connectivity index (χ2n) is 7.14. The van der Waals surface area contributed by atoms with Gasteiger partial charge in [0.05, 0.1) is 5.41 Å². The Bertz CT molecular complexity index is 484. The Kier molecular flexibility index (Phi) is 1.65. The first-order valence-corrected chi connectivity index (χ1v) is 6.97. The number of carbonyl (C=O) groups is 1. The van der Waals surface area contributed by atoms with Gasteiger partial charge in [0.25, 0.3) is 0 Å². The summed E-state index contributed by atoms with van der Waals surface area (Å²) in [5, 5.41) is 10.2. The zero-order valence-electron chi connectivity index (χ0n) is 11.1. The van der Waals surface area contributed by atoms with Crippen molar-refractivity contribution in [3.63, 3.8) is 0 Å². The maximum atomic E-state index is 12.4. The van der Waals surface area contributed by atoms with Crippen LogP contribution in [-0.2, 0) is 9.53 Å². The number of cyclic esters (lactones) is 1. The number of rotatable bonds is 0. The summed E-state index contributed by atoms with van der Waals surface area (Å²) < 4.78 is 5.25. The second-order valence-corrected chi connectivity index (χ2v) is 7.14. The zero-order chi connectivity index (χ0) is 12.9. The third-order valence-electron chi connectivity index (χ3n) is 7.27. The molecule has 3 nitrogen and oxygen atoms in total. The molecule has 0 radical (unpaired) electrons. The van der Waals surface area contributed by atoms with Crippen molar-refractivity contribution in [2.75, 3.05) is 0 Å². The first-order chi connectivity index (χ1) is 8.38. The highest BCUT2D eigenvalue weighted by molar-refractivity contribution is 5.83. The van der Waals surface area contributed by atoms with Crippen molar-refractivity contribution < 1.29 is 14.6 Å². The van der Waals surface area contributed by atoms with Crippen LogP contribution in [0, 0.1) is 34.0 Å². The molecule has 5 rings (SSSR count). The first kappa shape index (κ1) is 11.0. The molecule has 0 unspecified atom stereocenters. The van der Waals surface area contributed by atoms with Crippen molar-refractivity contribution in [3.05, 3.63) is 12.2 Å². The molecule has 0 amide bonds. The summed E-state index contributed by atoms with van der Waals surface area (Å²) in [5.41, 5.74) is -0.466. The van der Waals surface area contributed by atoms with Crippen LogP contribution in [-0.4, -0.2) is 17.4 Å². The minimum absolute atomic E-state index is 0.0365. The van der Waals surface area contributed by atoms with Gasteiger partial charge in [-0.05, 0) is 30.1 Å². The molecule has 1 saturated heterocycles. The Balaban J connectivity index is 2.04. The standard InChI is InChI=1S/C15H20O3/c1-8-9-4-5-14(3)13(8,2)6-7-15(14)10(9)11(16)18-12(15)17/h4-5,8-11,16H,6-7H2,1-3H3/t8-,9+,10-,11+,13+,14-,15-/m1/s1. The molecular formula is C15H20O3. The molecule has 1 N–H and O–H groups in total. The Morgan fingerprint density at radius 3 is 2.83 bits per heavy atom. The fourth-order valence-corrected chi connectivity index (χ4v) is 5.86. The molecule has 0 aromatic carbocycles. The van der Waals surface area contributed by atoms with E-state index < -0.39 is 11.7 Å². The summed E-state index contributed by atoms with van der Waals surface area (Å²) in [6.45, 7) is 6.79. The van der Waals surface area contributed by atoms with E-state index >= 15 is 0 Å². The number of hydrogen-bond donors (Lipinski definition) is 1. The van der Waals surface area contributed by atoms with Gasteiger partial charge in [-0.2, -0.15) is 0 Å². The van der Waals surface area contributed by atoms with Crippen LogP contribution in [0.1, 0.15) is 33.6 Å². The number of hydrogen-bond acceptors (Lipinski definition) is 3. The largest absolute Gasteiger partial charge is 0.435 e. The molecule has 4 aliphatic carbocycles. The molecule has 4 bridgehead atoms. The zero-order valence-corrected chi connectivity index (χ0v) is 11.1. The summed E-state index contributed by atoms with van der Waals surface area (Å²) in [4.78, 5) is 12.4. The number of aliphatic hydroxyl groups is 1. The predicted molar refractivity (Wildman–Crippen MR) is 65.3 cm³/mol. The van der Waals surface area contributed by atoms with Gasteiger partial charge < -0.3 is 9.84 Å². The smallest absolute Gasteiger partial charge is 0.315 e. The lowest BCUT2D eigenvalue weighted by molar-refractivity contribution is -0.162. The molecule has 1 spiro atoms. The van der Waals surface area contributed by atoms with Crippen molar-refractivity contribution in [3.8, 4) is 0 Å². The maximum Gasteiger partial charge on any atom is 0.315 e. The minimum Gasteiger partial charge on any atom is -0.435 e. The summed E-state index contributed by atoms with van der Waals surface area (Å²) in [5.74, 6) is 0.580. The maximum absolute atomic E-state index is 12.4. The number of ether oxygens (including phenoxy) is 1. The average Bonchev–Trinajstić information content (AvgIpc) is 2.69. The van der Waals surface area contributed by atoms with Crippen molar-refractivity contribution in [2.45, 2.75) is 39.9 Å². The lowest BCUT2D eigenvalue weighted by Gasteiger charge is -2.61. The number of carbonyl (C=O) groups excluding carboxylic acids is 1. The molecule has 0 aromatic heterocycles. The van der Waals surface area contributed by atoms with Crippen molar-refractivity contribution in [1.82, 2.24) is 0 Å². The van der Waals surface area contributed by atoms with Gasteiger partial charge in [0.1, 0.15) is 0 Å². The van der Waals surface area contributed by atoms with Crippen LogP contribution in [0.25, 0.3) is 0 Å². The van der Waals surface area contributed by atoms with Gasteiger partial charge in [-0.15, -0.1) is 0 Å². The Hall–Kier alpha value is -0.830. The van der Waals surface area contributed by atoms with E-state index in [9.17, 15) is 9.90 Å². The van der Waals surface area contributed by atoms with E-state index in [0.29, 0.717) is 5.92 Å². The highest BCUT2D eigenvalue weighted by atomic mass is 16.6. The van der Waals surface area contributed by atoms with Gasteiger partial charge in [-0.3, -0.25) is 4.79 Å². The van der Waals surface area contributed by atoms with Crippen LogP contribution in [0.3, 0.4) is 0 Å². The SMILES string of the molecule is C[C@@H]1[C@@H]2C=C[C@]3(C)[C@@]1(C)CC[C@@]31C(=O)O[C@H](O)[C@@H]21. The lowest BCUT2D eigenvalue weighted by Crippen LogP contribution is -2.61. The third-order valence-corrected chi connectivity index (χ3v) is 7.27. The van der Waals surface area contributed by atoms with E-state index in [1.165, 1.54) is 0 Å². The molecule has 1 aliphatic heterocycles. The van der Waals surface area contributed by atoms with Crippen molar-refractivity contribution in [1.29, 1.82) is 0 Å². The number of allylic oxidation sites excluding steroid dienone is 2. The monoisotopic (exact) mass is 248 g/mol. The van der Waals surface area contributed by atoms with E-state index in [-0.39, 0.29) is 28.6 Å². The molecule has 3 heteroatoms. The summed E-state index contributed by atoms with van der Waals surface area (Å²) in [6, 6.07) is 0. The highest BCUT2D eigenvalue weighted by Crippen LogP contribution is 2.79. The van der Waals surface area contributed by atoms with Crippen molar-refractivity contribution >= 4 is 5.97 Å². The van der Waals surface area contributed by atoms with E-state index in [2.05, 4.69) is 32.9 Å². The van der Waals surface area contributed by atoms with E-state index in [4.69, 9.17) is 4.74 Å². The minimum atomic E-state index is -0.906. The van der Waals surface area contributed by atoms with E-state index in [1.807, 2.05) is 0 Å². The van der Waals surface area contributed by atoms with Crippen LogP contribution in [0.15, 0.2) is 12.2 Å². The molecule has 5 aliphatic rings. The molecule has 1 heterocycles. The van der Waals surface area contributed by atoms with Gasteiger partial charge in [-0.1, -0.05) is 32.9 Å². The quantitative estimate of drug-likeness (QED) is 0.527. The number of esters is 1. The van der Waals surface area contributed by atoms with Gasteiger partial charge in [0.15, 0.2) is 0 Å². The molecule has 98 valence electrons. The fourth-order valence-electron chi connectivity index (χ4n) is 5.86. The third kappa shape index (κ3) is 0.740. The lowest BCUT2D eigenvalue weighted by atomic mass is 9.40. The second kappa shape index (κ2) is 2.69. The van der Waals surface area contributed by atoms with Crippen LogP contribution in [0.2, 0.25) is 0 Å². The molecule has 0 aromatic rings. The van der Waals surface area contributed by atoms with Crippen LogP contribution >= 0.6 is 0 Å². The number of aliphatic hydroxyl groups excluding tert-OH is 1. The van der Waals surface area contributed by atoms with Gasteiger partial charge in [-0.25, -0.2) is 0 Å². The van der Waals surface area contributed by atoms with Crippen molar-refractivity contribution in [2.24, 2.45) is 34.0 Å². The topological polar surface area (TPSA) is 46.5 Å².